The Morgan fingerprint density at radius 1 is 1.10 bits per heavy atom. The van der Waals surface area contributed by atoms with Gasteiger partial charge < -0.3 is 19.1 Å². The number of nitrogens with zero attached hydrogens (tertiary/aromatic N) is 4. The molecular formula is C29H35FN4O5. The average molecular weight is 539 g/mol. The lowest BCUT2D eigenvalue weighted by Crippen LogP contribution is -2.47. The Bertz CT molecular complexity index is 1230. The van der Waals surface area contributed by atoms with Gasteiger partial charge in [0.2, 0.25) is 5.91 Å². The van der Waals surface area contributed by atoms with Crippen LogP contribution in [0, 0.1) is 11.7 Å². The summed E-state index contributed by atoms with van der Waals surface area (Å²) < 4.78 is 31.2. The lowest BCUT2D eigenvalue weighted by molar-refractivity contribution is -0.142. The van der Waals surface area contributed by atoms with E-state index < -0.39 is 11.9 Å². The van der Waals surface area contributed by atoms with E-state index in [2.05, 4.69) is 10.0 Å². The van der Waals surface area contributed by atoms with Crippen molar-refractivity contribution in [2.75, 3.05) is 60.2 Å². The minimum Gasteiger partial charge on any atom is -0.497 e. The van der Waals surface area contributed by atoms with Gasteiger partial charge in [-0.05, 0) is 37.1 Å². The van der Waals surface area contributed by atoms with Crippen molar-refractivity contribution in [1.29, 1.82) is 0 Å². The summed E-state index contributed by atoms with van der Waals surface area (Å²) in [5.74, 6) is 0.429. The molecule has 0 unspecified atom stereocenters. The number of hydrazone groups is 1. The van der Waals surface area contributed by atoms with Crippen LogP contribution >= 0.6 is 0 Å². The molecule has 2 fully saturated rings. The van der Waals surface area contributed by atoms with Gasteiger partial charge in [0, 0.05) is 49.6 Å². The molecule has 2 aromatic carbocycles. The Balaban J connectivity index is 1.43. The number of benzene rings is 2. The molecule has 208 valence electrons. The van der Waals surface area contributed by atoms with Gasteiger partial charge >= 0.3 is 0 Å². The highest BCUT2D eigenvalue weighted by Gasteiger charge is 2.39. The molecule has 39 heavy (non-hydrogen) atoms. The van der Waals surface area contributed by atoms with Crippen molar-refractivity contribution in [3.05, 3.63) is 59.4 Å². The van der Waals surface area contributed by atoms with Crippen LogP contribution in [0.2, 0.25) is 0 Å². The Kier molecular flexibility index (Phi) is 8.42. The molecule has 1 saturated heterocycles. The van der Waals surface area contributed by atoms with E-state index in [9.17, 15) is 14.0 Å². The van der Waals surface area contributed by atoms with E-state index in [-0.39, 0.29) is 24.3 Å². The summed E-state index contributed by atoms with van der Waals surface area (Å²) in [5.41, 5.74) is 1.51. The van der Waals surface area contributed by atoms with Crippen LogP contribution in [0.4, 0.5) is 4.39 Å². The van der Waals surface area contributed by atoms with Crippen LogP contribution in [0.15, 0.2) is 47.6 Å². The zero-order chi connectivity index (χ0) is 27.4. The highest BCUT2D eigenvalue weighted by molar-refractivity contribution is 6.03. The summed E-state index contributed by atoms with van der Waals surface area (Å²) >= 11 is 0. The highest BCUT2D eigenvalue weighted by Crippen LogP contribution is 2.40. The molecule has 0 bridgehead atoms. The molecule has 0 aromatic heterocycles. The second-order valence-electron chi connectivity index (χ2n) is 10.1. The van der Waals surface area contributed by atoms with Crippen LogP contribution in [0.3, 0.4) is 0 Å². The summed E-state index contributed by atoms with van der Waals surface area (Å²) in [7, 11) is 3.13. The summed E-state index contributed by atoms with van der Waals surface area (Å²) in [6.07, 6.45) is 1.99. The lowest BCUT2D eigenvalue weighted by atomic mass is 9.97. The average Bonchev–Trinajstić information content (AvgIpc) is 3.73. The minimum absolute atomic E-state index is 0.00428. The maximum atomic E-state index is 14.8. The maximum Gasteiger partial charge on any atom is 0.262 e. The van der Waals surface area contributed by atoms with Crippen molar-refractivity contribution in [3.63, 3.8) is 0 Å². The Morgan fingerprint density at radius 3 is 2.56 bits per heavy atom. The van der Waals surface area contributed by atoms with E-state index in [0.29, 0.717) is 61.1 Å². The molecule has 0 radical (unpaired) electrons. The summed E-state index contributed by atoms with van der Waals surface area (Å²) in [6, 6.07) is 11.2. The number of rotatable bonds is 10. The summed E-state index contributed by atoms with van der Waals surface area (Å²) in [4.78, 5) is 31.0. The molecule has 10 heteroatoms. The molecule has 5 rings (SSSR count). The van der Waals surface area contributed by atoms with E-state index in [1.165, 1.54) is 11.1 Å². The van der Waals surface area contributed by atoms with Crippen LogP contribution in [0.5, 0.6) is 11.5 Å². The SMILES string of the molecule is COc1ccc(OC)c([C@H]2CC(c3ccccc3F)=NN2C(=O)CN(CCN2CCOCC2)C(=O)C2CC2)c1. The number of carbonyl (C=O) groups is 2. The lowest BCUT2D eigenvalue weighted by Gasteiger charge is -2.31. The molecule has 1 saturated carbocycles. The van der Waals surface area contributed by atoms with Crippen molar-refractivity contribution >= 4 is 17.5 Å². The third kappa shape index (κ3) is 6.23. The second-order valence-corrected chi connectivity index (χ2v) is 10.1. The van der Waals surface area contributed by atoms with Gasteiger partial charge in [0.15, 0.2) is 0 Å². The molecule has 2 amide bonds. The molecule has 0 spiro atoms. The first-order valence-corrected chi connectivity index (χ1v) is 13.4. The normalized spacial score (nSPS) is 19.5. The maximum absolute atomic E-state index is 14.8. The second kappa shape index (κ2) is 12.1. The van der Waals surface area contributed by atoms with Gasteiger partial charge in [0.1, 0.15) is 23.9 Å². The van der Waals surface area contributed by atoms with Gasteiger partial charge in [-0.3, -0.25) is 14.5 Å². The van der Waals surface area contributed by atoms with Crippen molar-refractivity contribution in [2.45, 2.75) is 25.3 Å². The first-order valence-electron chi connectivity index (χ1n) is 13.4. The summed E-state index contributed by atoms with van der Waals surface area (Å²) in [5, 5.41) is 6.02. The number of amides is 2. The van der Waals surface area contributed by atoms with E-state index in [1.807, 2.05) is 6.07 Å². The quantitative estimate of drug-likeness (QED) is 0.462. The van der Waals surface area contributed by atoms with E-state index in [1.54, 1.807) is 49.5 Å². The third-order valence-corrected chi connectivity index (χ3v) is 7.50. The number of carbonyl (C=O) groups excluding carboxylic acids is 2. The Morgan fingerprint density at radius 2 is 1.87 bits per heavy atom. The molecule has 2 heterocycles. The number of hydrogen-bond acceptors (Lipinski definition) is 7. The summed E-state index contributed by atoms with van der Waals surface area (Å²) in [6.45, 7) is 3.97. The topological polar surface area (TPSA) is 83.9 Å². The minimum atomic E-state index is -0.547. The number of hydrogen-bond donors (Lipinski definition) is 0. The molecule has 1 aliphatic carbocycles. The van der Waals surface area contributed by atoms with Gasteiger partial charge in [-0.15, -0.1) is 0 Å². The van der Waals surface area contributed by atoms with Gasteiger partial charge in [-0.2, -0.15) is 5.10 Å². The zero-order valence-corrected chi connectivity index (χ0v) is 22.5. The molecule has 1 atom stereocenters. The van der Waals surface area contributed by atoms with Crippen molar-refractivity contribution in [3.8, 4) is 11.5 Å². The van der Waals surface area contributed by atoms with Gasteiger partial charge in [0.05, 0.1) is 39.2 Å². The molecule has 0 N–H and O–H groups in total. The number of morpholine rings is 1. The van der Waals surface area contributed by atoms with Crippen LogP contribution in [-0.2, 0) is 14.3 Å². The number of halogens is 1. The van der Waals surface area contributed by atoms with Crippen LogP contribution in [-0.4, -0.2) is 92.5 Å². The third-order valence-electron chi connectivity index (χ3n) is 7.50. The van der Waals surface area contributed by atoms with Crippen molar-refractivity contribution in [1.82, 2.24) is 14.8 Å². The molecule has 2 aromatic rings. The smallest absolute Gasteiger partial charge is 0.262 e. The van der Waals surface area contributed by atoms with E-state index in [0.717, 1.165) is 25.9 Å². The van der Waals surface area contributed by atoms with Gasteiger partial charge in [0.25, 0.3) is 5.91 Å². The standard InChI is InChI=1S/C29H35FN4O5/c1-37-21-9-10-27(38-2)23(17-21)26-18-25(22-5-3-4-6-24(22)30)31-34(26)28(35)19-33(29(36)20-7-8-20)12-11-32-13-15-39-16-14-32/h3-6,9-10,17,20,26H,7-8,11-16,18-19H2,1-2H3/t26-/m1/s1. The monoisotopic (exact) mass is 538 g/mol. The van der Waals surface area contributed by atoms with Crippen molar-refractivity contribution in [2.24, 2.45) is 11.0 Å². The predicted octanol–water partition coefficient (Wildman–Crippen LogP) is 3.09. The number of methoxy groups -OCH3 is 2. The first kappa shape index (κ1) is 27.1. The van der Waals surface area contributed by atoms with Crippen molar-refractivity contribution < 1.29 is 28.2 Å². The fourth-order valence-electron chi connectivity index (χ4n) is 5.12. The number of ether oxygens (including phenoxy) is 3. The van der Waals surface area contributed by atoms with E-state index >= 15 is 0 Å². The fraction of sp³-hybridized carbons (Fsp3) is 0.483. The first-order chi connectivity index (χ1) is 19.0. The Labute approximate surface area is 228 Å². The molecular weight excluding hydrogens is 503 g/mol. The largest absolute Gasteiger partial charge is 0.497 e. The van der Waals surface area contributed by atoms with Crippen LogP contribution in [0.1, 0.15) is 36.4 Å². The highest BCUT2D eigenvalue weighted by atomic mass is 19.1. The van der Waals surface area contributed by atoms with Crippen LogP contribution in [0.25, 0.3) is 0 Å². The molecule has 3 aliphatic rings. The van der Waals surface area contributed by atoms with E-state index in [4.69, 9.17) is 14.2 Å². The molecule has 9 nitrogen and oxygen atoms in total. The molecule has 2 aliphatic heterocycles. The van der Waals surface area contributed by atoms with Gasteiger partial charge in [-0.1, -0.05) is 18.2 Å². The predicted molar refractivity (Wildman–Crippen MR) is 143 cm³/mol. The van der Waals surface area contributed by atoms with Crippen LogP contribution < -0.4 is 9.47 Å². The van der Waals surface area contributed by atoms with Gasteiger partial charge in [-0.25, -0.2) is 9.40 Å². The zero-order valence-electron chi connectivity index (χ0n) is 22.5. The fourth-order valence-corrected chi connectivity index (χ4v) is 5.12. The Hall–Kier alpha value is -3.50.